The van der Waals surface area contributed by atoms with Crippen molar-refractivity contribution in [2.45, 2.75) is 6.92 Å². The lowest BCUT2D eigenvalue weighted by atomic mass is 10.2. The summed E-state index contributed by atoms with van der Waals surface area (Å²) < 4.78 is 0. The lowest BCUT2D eigenvalue weighted by Crippen LogP contribution is -2.21. The van der Waals surface area contributed by atoms with E-state index < -0.39 is 0 Å². The third-order valence-corrected chi connectivity index (χ3v) is 4.26. The molecule has 4 aliphatic rings. The Morgan fingerprint density at radius 1 is 0.625 bits per heavy atom. The molecule has 0 unspecified atom stereocenters. The van der Waals surface area contributed by atoms with Crippen LogP contribution in [-0.4, -0.2) is 5.91 Å². The van der Waals surface area contributed by atoms with E-state index in [-0.39, 0.29) is 5.91 Å². The largest absolute Gasteiger partial charge is 0.281 e. The van der Waals surface area contributed by atoms with Gasteiger partial charge < -0.3 is 0 Å². The minimum Gasteiger partial charge on any atom is -0.281 e. The predicted octanol–water partition coefficient (Wildman–Crippen LogP) is 5.58. The summed E-state index contributed by atoms with van der Waals surface area (Å²) in [5.41, 5.74) is 6.33. The van der Waals surface area contributed by atoms with E-state index in [1.54, 1.807) is 11.8 Å². The van der Waals surface area contributed by atoms with Crippen LogP contribution in [0.25, 0.3) is 22.3 Å². The first-order chi connectivity index (χ1) is 11.7. The molecule has 0 bridgehead atoms. The summed E-state index contributed by atoms with van der Waals surface area (Å²) in [6.45, 7) is 1.61. The molecule has 0 saturated carbocycles. The maximum atomic E-state index is 12.3. The van der Waals surface area contributed by atoms with E-state index in [0.29, 0.717) is 0 Å². The van der Waals surface area contributed by atoms with E-state index in [2.05, 4.69) is 48.5 Å². The molecular weight excluding hydrogens is 294 g/mol. The Morgan fingerprint density at radius 3 is 1.25 bits per heavy atom. The average molecular weight is 311 g/mol. The molecule has 2 heteroatoms. The SMILES string of the molecule is CC(=O)N(c1cc2cccccc-2c1)c1cc2cccccc-2c1. The van der Waals surface area contributed by atoms with Crippen molar-refractivity contribution in [3.63, 3.8) is 0 Å². The monoisotopic (exact) mass is 311 g/mol. The number of carbonyl (C=O) groups is 1. The first-order valence-electron chi connectivity index (χ1n) is 8.01. The summed E-state index contributed by atoms with van der Waals surface area (Å²) in [6.07, 6.45) is 0. The molecule has 0 aliphatic heterocycles. The molecule has 0 N–H and O–H groups in total. The number of amides is 1. The van der Waals surface area contributed by atoms with Crippen molar-refractivity contribution in [2.75, 3.05) is 4.90 Å². The standard InChI is InChI=1S/C22H17NO/c1-16(24)23(21-12-17-8-4-2-5-9-18(17)13-21)22-14-19-10-6-3-7-11-20(19)15-22/h2-15H,1H3. The van der Waals surface area contributed by atoms with Gasteiger partial charge in [-0.1, -0.05) is 60.7 Å². The zero-order valence-electron chi connectivity index (χ0n) is 13.4. The van der Waals surface area contributed by atoms with Crippen molar-refractivity contribution >= 4 is 17.3 Å². The smallest absolute Gasteiger partial charge is 0.228 e. The highest BCUT2D eigenvalue weighted by Crippen LogP contribution is 2.38. The van der Waals surface area contributed by atoms with Gasteiger partial charge in [0.05, 0.1) is 11.4 Å². The summed E-state index contributed by atoms with van der Waals surface area (Å²) in [6, 6.07) is 28.6. The molecule has 0 saturated heterocycles. The van der Waals surface area contributed by atoms with E-state index in [1.165, 1.54) is 0 Å². The van der Waals surface area contributed by atoms with E-state index >= 15 is 0 Å². The number of hydrogen-bond donors (Lipinski definition) is 0. The van der Waals surface area contributed by atoms with Crippen LogP contribution >= 0.6 is 0 Å². The fourth-order valence-electron chi connectivity index (χ4n) is 3.17. The normalized spacial score (nSPS) is 10.9. The quantitative estimate of drug-likeness (QED) is 0.473. The maximum absolute atomic E-state index is 12.3. The van der Waals surface area contributed by atoms with Crippen molar-refractivity contribution in [2.24, 2.45) is 0 Å². The minimum atomic E-state index is 0.00867. The van der Waals surface area contributed by atoms with Gasteiger partial charge >= 0.3 is 0 Å². The summed E-state index contributed by atoms with van der Waals surface area (Å²) in [5.74, 6) is 0.00867. The molecule has 0 atom stereocenters. The first-order valence-corrected chi connectivity index (χ1v) is 8.01. The third kappa shape index (κ3) is 2.52. The zero-order valence-corrected chi connectivity index (χ0v) is 13.4. The number of nitrogens with zero attached hydrogens (tertiary/aromatic N) is 1. The van der Waals surface area contributed by atoms with E-state index in [9.17, 15) is 4.79 Å². The Labute approximate surface area is 141 Å². The Kier molecular flexibility index (Phi) is 3.51. The van der Waals surface area contributed by atoms with Gasteiger partial charge in [-0.05, 0) is 46.5 Å². The summed E-state index contributed by atoms with van der Waals surface area (Å²) in [5, 5.41) is 0. The van der Waals surface area contributed by atoms with Crippen LogP contribution in [0.15, 0.2) is 84.9 Å². The minimum absolute atomic E-state index is 0.00867. The van der Waals surface area contributed by atoms with Gasteiger partial charge in [0, 0.05) is 6.92 Å². The summed E-state index contributed by atoms with van der Waals surface area (Å²) >= 11 is 0. The van der Waals surface area contributed by atoms with Crippen LogP contribution in [0.1, 0.15) is 6.92 Å². The van der Waals surface area contributed by atoms with E-state index in [0.717, 1.165) is 33.6 Å². The Bertz CT molecular complexity index is 825. The lowest BCUT2D eigenvalue weighted by molar-refractivity contribution is -0.115. The zero-order chi connectivity index (χ0) is 16.5. The highest BCUT2D eigenvalue weighted by Gasteiger charge is 2.19. The predicted molar refractivity (Wildman–Crippen MR) is 98.9 cm³/mol. The maximum Gasteiger partial charge on any atom is 0.228 e. The van der Waals surface area contributed by atoms with Gasteiger partial charge in [-0.2, -0.15) is 0 Å². The van der Waals surface area contributed by atoms with Crippen LogP contribution < -0.4 is 4.90 Å². The molecule has 4 aliphatic carbocycles. The van der Waals surface area contributed by atoms with Crippen molar-refractivity contribution < 1.29 is 4.79 Å². The second-order valence-electron chi connectivity index (χ2n) is 5.92. The van der Waals surface area contributed by atoms with E-state index in [1.807, 2.05) is 36.4 Å². The van der Waals surface area contributed by atoms with E-state index in [4.69, 9.17) is 0 Å². The average Bonchev–Trinajstić information content (AvgIpc) is 2.96. The van der Waals surface area contributed by atoms with Crippen LogP contribution in [0.2, 0.25) is 0 Å². The number of carbonyl (C=O) groups excluding carboxylic acids is 1. The van der Waals surface area contributed by atoms with Crippen molar-refractivity contribution in [3.05, 3.63) is 84.9 Å². The molecule has 0 spiro atoms. The highest BCUT2D eigenvalue weighted by atomic mass is 16.2. The molecule has 0 aromatic carbocycles. The molecule has 4 rings (SSSR count). The number of hydrogen-bond acceptors (Lipinski definition) is 1. The number of rotatable bonds is 2. The summed E-state index contributed by atoms with van der Waals surface area (Å²) in [7, 11) is 0. The van der Waals surface area contributed by atoms with Gasteiger partial charge in [0.15, 0.2) is 0 Å². The first kappa shape index (κ1) is 14.5. The fourth-order valence-corrected chi connectivity index (χ4v) is 3.17. The van der Waals surface area contributed by atoms with Crippen molar-refractivity contribution in [1.82, 2.24) is 0 Å². The fraction of sp³-hybridized carbons (Fsp3) is 0.0455. The molecule has 2 nitrogen and oxygen atoms in total. The Balaban J connectivity index is 1.86. The molecular formula is C22H17NO. The Hall–Kier alpha value is -3.13. The molecule has 0 aromatic heterocycles. The molecule has 0 heterocycles. The van der Waals surface area contributed by atoms with Gasteiger partial charge in [0.2, 0.25) is 5.91 Å². The molecule has 116 valence electrons. The van der Waals surface area contributed by atoms with Crippen molar-refractivity contribution in [3.8, 4) is 22.3 Å². The van der Waals surface area contributed by atoms with Gasteiger partial charge in [-0.15, -0.1) is 0 Å². The van der Waals surface area contributed by atoms with Gasteiger partial charge in [-0.25, -0.2) is 0 Å². The molecule has 0 aromatic rings. The lowest BCUT2D eigenvalue weighted by Gasteiger charge is -2.18. The van der Waals surface area contributed by atoms with Gasteiger partial charge in [-0.3, -0.25) is 9.69 Å². The van der Waals surface area contributed by atoms with Gasteiger partial charge in [0.25, 0.3) is 0 Å². The topological polar surface area (TPSA) is 20.3 Å². The Morgan fingerprint density at radius 2 is 0.958 bits per heavy atom. The van der Waals surface area contributed by atoms with Crippen LogP contribution in [-0.2, 0) is 4.79 Å². The second-order valence-corrected chi connectivity index (χ2v) is 5.92. The second kappa shape index (κ2) is 5.82. The van der Waals surface area contributed by atoms with Crippen LogP contribution in [0, 0.1) is 0 Å². The van der Waals surface area contributed by atoms with Crippen LogP contribution in [0.3, 0.4) is 0 Å². The molecule has 24 heavy (non-hydrogen) atoms. The molecule has 1 amide bonds. The highest BCUT2D eigenvalue weighted by molar-refractivity contribution is 6.02. The van der Waals surface area contributed by atoms with Crippen LogP contribution in [0.5, 0.6) is 0 Å². The molecule has 0 radical (unpaired) electrons. The third-order valence-electron chi connectivity index (χ3n) is 4.26. The summed E-state index contributed by atoms with van der Waals surface area (Å²) in [4.78, 5) is 14.1. The number of fused-ring (bicyclic) bond motifs is 2. The number of anilines is 2. The van der Waals surface area contributed by atoms with Crippen molar-refractivity contribution in [1.29, 1.82) is 0 Å². The van der Waals surface area contributed by atoms with Gasteiger partial charge in [0.1, 0.15) is 0 Å². The van der Waals surface area contributed by atoms with Crippen LogP contribution in [0.4, 0.5) is 11.4 Å². The molecule has 0 fully saturated rings.